The SMILES string of the molecule is COc1ccc(CC[C@@H](C)NCc2cccc(C(F)(F)F)c2)cc1. The number of nitrogens with one attached hydrogen (secondary N) is 1. The van der Waals surface area contributed by atoms with E-state index in [1.54, 1.807) is 13.2 Å². The molecule has 0 spiro atoms. The Hall–Kier alpha value is -2.01. The van der Waals surface area contributed by atoms with E-state index >= 15 is 0 Å². The van der Waals surface area contributed by atoms with Crippen molar-refractivity contribution in [2.75, 3.05) is 7.11 Å². The van der Waals surface area contributed by atoms with Crippen molar-refractivity contribution in [2.24, 2.45) is 0 Å². The zero-order valence-electron chi connectivity index (χ0n) is 13.9. The van der Waals surface area contributed by atoms with Gasteiger partial charge in [-0.15, -0.1) is 0 Å². The number of hydrogen-bond donors (Lipinski definition) is 1. The quantitative estimate of drug-likeness (QED) is 0.782. The maximum absolute atomic E-state index is 12.7. The molecule has 0 saturated heterocycles. The highest BCUT2D eigenvalue weighted by molar-refractivity contribution is 5.27. The number of ether oxygens (including phenoxy) is 1. The number of halogens is 3. The molecule has 0 amide bonds. The fourth-order valence-electron chi connectivity index (χ4n) is 2.43. The van der Waals surface area contributed by atoms with Crippen molar-refractivity contribution in [3.8, 4) is 5.75 Å². The summed E-state index contributed by atoms with van der Waals surface area (Å²) in [5, 5.41) is 3.28. The van der Waals surface area contributed by atoms with E-state index in [0.29, 0.717) is 12.1 Å². The number of alkyl halides is 3. The lowest BCUT2D eigenvalue weighted by atomic mass is 10.1. The van der Waals surface area contributed by atoms with Gasteiger partial charge in [-0.3, -0.25) is 0 Å². The molecule has 2 aromatic carbocycles. The van der Waals surface area contributed by atoms with Gasteiger partial charge < -0.3 is 10.1 Å². The maximum atomic E-state index is 12.7. The van der Waals surface area contributed by atoms with Crippen LogP contribution in [0.15, 0.2) is 48.5 Å². The van der Waals surface area contributed by atoms with E-state index in [4.69, 9.17) is 4.74 Å². The molecular weight excluding hydrogens is 315 g/mol. The molecule has 0 aliphatic carbocycles. The maximum Gasteiger partial charge on any atom is 0.416 e. The van der Waals surface area contributed by atoms with E-state index in [9.17, 15) is 13.2 Å². The molecule has 2 aromatic rings. The van der Waals surface area contributed by atoms with Crippen LogP contribution in [-0.4, -0.2) is 13.2 Å². The summed E-state index contributed by atoms with van der Waals surface area (Å²) in [6.07, 6.45) is -2.48. The van der Waals surface area contributed by atoms with Gasteiger partial charge in [-0.1, -0.05) is 30.3 Å². The van der Waals surface area contributed by atoms with Crippen molar-refractivity contribution >= 4 is 0 Å². The minimum atomic E-state index is -4.30. The summed E-state index contributed by atoms with van der Waals surface area (Å²) in [4.78, 5) is 0. The third kappa shape index (κ3) is 5.57. The fraction of sp³-hybridized carbons (Fsp3) is 0.368. The van der Waals surface area contributed by atoms with E-state index in [1.807, 2.05) is 31.2 Å². The minimum Gasteiger partial charge on any atom is -0.497 e. The van der Waals surface area contributed by atoms with Crippen LogP contribution in [0.4, 0.5) is 13.2 Å². The smallest absolute Gasteiger partial charge is 0.416 e. The lowest BCUT2D eigenvalue weighted by Crippen LogP contribution is -2.26. The normalized spacial score (nSPS) is 12.9. The first-order valence-corrected chi connectivity index (χ1v) is 7.91. The molecule has 0 aromatic heterocycles. The molecular formula is C19H22F3NO. The van der Waals surface area contributed by atoms with Gasteiger partial charge in [0, 0.05) is 12.6 Å². The molecule has 0 unspecified atom stereocenters. The Labute approximate surface area is 140 Å². The van der Waals surface area contributed by atoms with Gasteiger partial charge in [0.2, 0.25) is 0 Å². The van der Waals surface area contributed by atoms with Gasteiger partial charge in [0.25, 0.3) is 0 Å². The van der Waals surface area contributed by atoms with Crippen LogP contribution in [-0.2, 0) is 19.1 Å². The van der Waals surface area contributed by atoms with Crippen LogP contribution in [0.5, 0.6) is 5.75 Å². The van der Waals surface area contributed by atoms with Crippen molar-refractivity contribution in [3.05, 3.63) is 65.2 Å². The number of hydrogen-bond acceptors (Lipinski definition) is 2. The van der Waals surface area contributed by atoms with Crippen LogP contribution in [0, 0.1) is 0 Å². The largest absolute Gasteiger partial charge is 0.497 e. The van der Waals surface area contributed by atoms with Gasteiger partial charge in [0.15, 0.2) is 0 Å². The van der Waals surface area contributed by atoms with Crippen molar-refractivity contribution in [2.45, 2.75) is 38.5 Å². The molecule has 24 heavy (non-hydrogen) atoms. The van der Waals surface area contributed by atoms with Gasteiger partial charge in [0.1, 0.15) is 5.75 Å². The summed E-state index contributed by atoms with van der Waals surface area (Å²) in [5.41, 5.74) is 1.25. The second-order valence-electron chi connectivity index (χ2n) is 5.87. The molecule has 2 rings (SSSR count). The van der Waals surface area contributed by atoms with Crippen molar-refractivity contribution < 1.29 is 17.9 Å². The fourth-order valence-corrected chi connectivity index (χ4v) is 2.43. The van der Waals surface area contributed by atoms with Gasteiger partial charge in [-0.25, -0.2) is 0 Å². The number of methoxy groups -OCH3 is 1. The van der Waals surface area contributed by atoms with E-state index in [-0.39, 0.29) is 6.04 Å². The molecule has 0 aliphatic rings. The second-order valence-corrected chi connectivity index (χ2v) is 5.87. The van der Waals surface area contributed by atoms with E-state index in [0.717, 1.165) is 24.7 Å². The van der Waals surface area contributed by atoms with Gasteiger partial charge in [-0.2, -0.15) is 13.2 Å². The average molecular weight is 337 g/mol. The van der Waals surface area contributed by atoms with E-state index < -0.39 is 11.7 Å². The highest BCUT2D eigenvalue weighted by atomic mass is 19.4. The first kappa shape index (κ1) is 18.3. The highest BCUT2D eigenvalue weighted by Crippen LogP contribution is 2.29. The summed E-state index contributed by atoms with van der Waals surface area (Å²) in [7, 11) is 1.63. The molecule has 1 atom stereocenters. The molecule has 5 heteroatoms. The lowest BCUT2D eigenvalue weighted by Gasteiger charge is -2.15. The number of aryl methyl sites for hydroxylation is 1. The molecule has 130 valence electrons. The molecule has 1 N–H and O–H groups in total. The third-order valence-electron chi connectivity index (χ3n) is 3.93. The first-order valence-electron chi connectivity index (χ1n) is 7.91. The van der Waals surface area contributed by atoms with Gasteiger partial charge >= 0.3 is 6.18 Å². The Morgan fingerprint density at radius 3 is 2.38 bits per heavy atom. The lowest BCUT2D eigenvalue weighted by molar-refractivity contribution is -0.137. The molecule has 0 radical (unpaired) electrons. The molecule has 0 heterocycles. The molecule has 0 aliphatic heterocycles. The van der Waals surface area contributed by atoms with Crippen LogP contribution in [0.25, 0.3) is 0 Å². The minimum absolute atomic E-state index is 0.210. The topological polar surface area (TPSA) is 21.3 Å². The second kappa shape index (κ2) is 8.20. The average Bonchev–Trinajstić information content (AvgIpc) is 2.58. The van der Waals surface area contributed by atoms with Crippen LogP contribution >= 0.6 is 0 Å². The van der Waals surface area contributed by atoms with Crippen molar-refractivity contribution in [3.63, 3.8) is 0 Å². The molecule has 2 nitrogen and oxygen atoms in total. The summed E-state index contributed by atoms with van der Waals surface area (Å²) in [5.74, 6) is 0.828. The van der Waals surface area contributed by atoms with Crippen molar-refractivity contribution in [1.29, 1.82) is 0 Å². The summed E-state index contributed by atoms with van der Waals surface area (Å²) in [6.45, 7) is 2.46. The van der Waals surface area contributed by atoms with Crippen LogP contribution in [0.2, 0.25) is 0 Å². The van der Waals surface area contributed by atoms with Gasteiger partial charge in [-0.05, 0) is 49.1 Å². The van der Waals surface area contributed by atoms with Crippen molar-refractivity contribution in [1.82, 2.24) is 5.32 Å². The first-order chi connectivity index (χ1) is 11.4. The predicted octanol–water partition coefficient (Wildman–Crippen LogP) is 4.82. The predicted molar refractivity (Wildman–Crippen MR) is 89.1 cm³/mol. The Morgan fingerprint density at radius 1 is 1.04 bits per heavy atom. The van der Waals surface area contributed by atoms with Gasteiger partial charge in [0.05, 0.1) is 12.7 Å². The molecule has 0 fully saturated rings. The van der Waals surface area contributed by atoms with Crippen LogP contribution in [0.3, 0.4) is 0 Å². The van der Waals surface area contributed by atoms with E-state index in [2.05, 4.69) is 5.32 Å². The monoisotopic (exact) mass is 337 g/mol. The number of benzene rings is 2. The number of rotatable bonds is 7. The van der Waals surface area contributed by atoms with E-state index in [1.165, 1.54) is 17.7 Å². The Bertz CT molecular complexity index is 638. The zero-order chi connectivity index (χ0) is 17.6. The highest BCUT2D eigenvalue weighted by Gasteiger charge is 2.30. The Kier molecular flexibility index (Phi) is 6.26. The van der Waals surface area contributed by atoms with Crippen LogP contribution in [0.1, 0.15) is 30.0 Å². The summed E-state index contributed by atoms with van der Waals surface area (Å²) in [6, 6.07) is 13.6. The Morgan fingerprint density at radius 2 is 1.75 bits per heavy atom. The molecule has 0 bridgehead atoms. The zero-order valence-corrected chi connectivity index (χ0v) is 13.9. The third-order valence-corrected chi connectivity index (χ3v) is 3.93. The van der Waals surface area contributed by atoms with Crippen LogP contribution < -0.4 is 10.1 Å². The summed E-state index contributed by atoms with van der Waals surface area (Å²) >= 11 is 0. The standard InChI is InChI=1S/C19H22F3NO/c1-14(6-7-15-8-10-18(24-2)11-9-15)23-13-16-4-3-5-17(12-16)19(20,21)22/h3-5,8-12,14,23H,6-7,13H2,1-2H3/t14-/m1/s1. The molecule has 0 saturated carbocycles. The Balaban J connectivity index is 1.81. The summed E-state index contributed by atoms with van der Waals surface area (Å²) < 4.78 is 43.2.